The van der Waals surface area contributed by atoms with E-state index in [4.69, 9.17) is 0 Å². The SMILES string of the molecule is CC(C)(C)NCC1CC1(C)c1ccsc1. The van der Waals surface area contributed by atoms with Crippen molar-refractivity contribution in [2.75, 3.05) is 6.54 Å². The van der Waals surface area contributed by atoms with Gasteiger partial charge in [-0.3, -0.25) is 0 Å². The first kappa shape index (κ1) is 11.2. The van der Waals surface area contributed by atoms with Crippen LogP contribution in [0.25, 0.3) is 0 Å². The third-order valence-electron chi connectivity index (χ3n) is 3.47. The molecule has 0 amide bonds. The van der Waals surface area contributed by atoms with Crippen molar-refractivity contribution in [1.29, 1.82) is 0 Å². The minimum Gasteiger partial charge on any atom is -0.312 e. The van der Waals surface area contributed by atoms with Crippen molar-refractivity contribution in [2.45, 2.75) is 45.1 Å². The minimum absolute atomic E-state index is 0.248. The van der Waals surface area contributed by atoms with Gasteiger partial charge in [-0.25, -0.2) is 0 Å². The highest BCUT2D eigenvalue weighted by Gasteiger charge is 2.50. The molecule has 2 unspecified atom stereocenters. The molecule has 1 N–H and O–H groups in total. The van der Waals surface area contributed by atoms with Crippen LogP contribution in [0.3, 0.4) is 0 Å². The third-order valence-corrected chi connectivity index (χ3v) is 4.15. The highest BCUT2D eigenvalue weighted by molar-refractivity contribution is 7.08. The Labute approximate surface area is 96.9 Å². The second kappa shape index (κ2) is 3.60. The Hall–Kier alpha value is -0.340. The molecule has 1 aliphatic carbocycles. The van der Waals surface area contributed by atoms with Gasteiger partial charge in [0.1, 0.15) is 0 Å². The zero-order valence-electron chi connectivity index (χ0n) is 10.1. The van der Waals surface area contributed by atoms with E-state index < -0.39 is 0 Å². The molecule has 0 saturated heterocycles. The van der Waals surface area contributed by atoms with Crippen LogP contribution in [0, 0.1) is 5.92 Å². The van der Waals surface area contributed by atoms with E-state index in [1.54, 1.807) is 0 Å². The summed E-state index contributed by atoms with van der Waals surface area (Å²) in [4.78, 5) is 0. The molecule has 15 heavy (non-hydrogen) atoms. The summed E-state index contributed by atoms with van der Waals surface area (Å²) in [5, 5.41) is 8.09. The molecule has 0 radical (unpaired) electrons. The summed E-state index contributed by atoms with van der Waals surface area (Å²) >= 11 is 1.81. The normalized spacial score (nSPS) is 30.5. The summed E-state index contributed by atoms with van der Waals surface area (Å²) in [5.41, 5.74) is 2.24. The molecule has 0 aliphatic heterocycles. The Kier molecular flexibility index (Phi) is 2.68. The molecule has 1 nitrogen and oxygen atoms in total. The fourth-order valence-corrected chi connectivity index (χ4v) is 2.92. The van der Waals surface area contributed by atoms with Gasteiger partial charge in [-0.1, -0.05) is 6.92 Å². The Bertz CT molecular complexity index is 323. The van der Waals surface area contributed by atoms with E-state index in [0.717, 1.165) is 12.5 Å². The monoisotopic (exact) mass is 223 g/mol. The third kappa shape index (κ3) is 2.43. The van der Waals surface area contributed by atoms with E-state index in [9.17, 15) is 0 Å². The molecule has 1 saturated carbocycles. The quantitative estimate of drug-likeness (QED) is 0.828. The first-order valence-corrected chi connectivity index (χ1v) is 6.64. The zero-order valence-corrected chi connectivity index (χ0v) is 10.9. The van der Waals surface area contributed by atoms with Gasteiger partial charge in [0.2, 0.25) is 0 Å². The first-order valence-electron chi connectivity index (χ1n) is 5.69. The topological polar surface area (TPSA) is 12.0 Å². The summed E-state index contributed by atoms with van der Waals surface area (Å²) in [6.45, 7) is 10.2. The van der Waals surface area contributed by atoms with Crippen LogP contribution < -0.4 is 5.32 Å². The molecule has 1 aromatic heterocycles. The predicted octanol–water partition coefficient (Wildman–Crippen LogP) is 3.41. The van der Waals surface area contributed by atoms with Gasteiger partial charge in [0.05, 0.1) is 0 Å². The molecule has 1 heterocycles. The predicted molar refractivity (Wildman–Crippen MR) is 67.5 cm³/mol. The zero-order chi connectivity index (χ0) is 11.1. The van der Waals surface area contributed by atoms with Crippen molar-refractivity contribution in [3.63, 3.8) is 0 Å². The van der Waals surface area contributed by atoms with E-state index in [0.29, 0.717) is 5.41 Å². The maximum absolute atomic E-state index is 3.60. The fraction of sp³-hybridized carbons (Fsp3) is 0.692. The Morgan fingerprint density at radius 2 is 2.27 bits per heavy atom. The van der Waals surface area contributed by atoms with Crippen LogP contribution >= 0.6 is 11.3 Å². The van der Waals surface area contributed by atoms with E-state index in [1.807, 2.05) is 11.3 Å². The van der Waals surface area contributed by atoms with Crippen LogP contribution in [-0.2, 0) is 5.41 Å². The van der Waals surface area contributed by atoms with Crippen LogP contribution in [0.2, 0.25) is 0 Å². The van der Waals surface area contributed by atoms with Crippen molar-refractivity contribution >= 4 is 11.3 Å². The lowest BCUT2D eigenvalue weighted by Crippen LogP contribution is -2.37. The average molecular weight is 223 g/mol. The highest BCUT2D eigenvalue weighted by atomic mass is 32.1. The largest absolute Gasteiger partial charge is 0.312 e. The Morgan fingerprint density at radius 3 is 2.80 bits per heavy atom. The van der Waals surface area contributed by atoms with E-state index in [1.165, 1.54) is 12.0 Å². The van der Waals surface area contributed by atoms with Crippen LogP contribution in [-0.4, -0.2) is 12.1 Å². The maximum Gasteiger partial charge on any atom is 0.00966 e. The van der Waals surface area contributed by atoms with Gasteiger partial charge in [-0.15, -0.1) is 0 Å². The average Bonchev–Trinajstić information content (AvgIpc) is 2.63. The highest BCUT2D eigenvalue weighted by Crippen LogP contribution is 2.54. The Morgan fingerprint density at radius 1 is 1.53 bits per heavy atom. The molecule has 0 aromatic carbocycles. The molecule has 2 rings (SSSR count). The van der Waals surface area contributed by atoms with Crippen LogP contribution in [0.1, 0.15) is 39.7 Å². The summed E-state index contributed by atoms with van der Waals surface area (Å²) in [6, 6.07) is 2.28. The second-order valence-electron chi connectivity index (χ2n) is 5.96. The molecule has 1 aliphatic rings. The molecule has 2 heteroatoms. The van der Waals surface area contributed by atoms with Gasteiger partial charge in [0, 0.05) is 5.54 Å². The van der Waals surface area contributed by atoms with Crippen molar-refractivity contribution in [2.24, 2.45) is 5.92 Å². The van der Waals surface area contributed by atoms with E-state index in [-0.39, 0.29) is 5.54 Å². The molecular formula is C13H21NS. The van der Waals surface area contributed by atoms with Gasteiger partial charge in [0.15, 0.2) is 0 Å². The number of rotatable bonds is 3. The van der Waals surface area contributed by atoms with Crippen molar-refractivity contribution in [3.8, 4) is 0 Å². The molecule has 1 aromatic rings. The van der Waals surface area contributed by atoms with Crippen molar-refractivity contribution in [1.82, 2.24) is 5.32 Å². The van der Waals surface area contributed by atoms with Gasteiger partial charge in [-0.05, 0) is 67.5 Å². The van der Waals surface area contributed by atoms with Crippen LogP contribution in [0.5, 0.6) is 0 Å². The van der Waals surface area contributed by atoms with E-state index >= 15 is 0 Å². The molecular weight excluding hydrogens is 202 g/mol. The van der Waals surface area contributed by atoms with Crippen LogP contribution in [0.15, 0.2) is 16.8 Å². The lowest BCUT2D eigenvalue weighted by molar-refractivity contribution is 0.406. The van der Waals surface area contributed by atoms with Gasteiger partial charge >= 0.3 is 0 Å². The first-order chi connectivity index (χ1) is 6.92. The summed E-state index contributed by atoms with van der Waals surface area (Å²) in [5.74, 6) is 0.825. The summed E-state index contributed by atoms with van der Waals surface area (Å²) in [7, 11) is 0. The number of thiophene rings is 1. The Balaban J connectivity index is 1.90. The molecule has 0 bridgehead atoms. The lowest BCUT2D eigenvalue weighted by Gasteiger charge is -2.21. The van der Waals surface area contributed by atoms with Gasteiger partial charge in [0.25, 0.3) is 0 Å². The summed E-state index contributed by atoms with van der Waals surface area (Å²) in [6.07, 6.45) is 1.34. The number of hydrogen-bond acceptors (Lipinski definition) is 2. The molecule has 2 atom stereocenters. The number of hydrogen-bond donors (Lipinski definition) is 1. The van der Waals surface area contributed by atoms with Crippen molar-refractivity contribution < 1.29 is 0 Å². The van der Waals surface area contributed by atoms with Gasteiger partial charge in [-0.2, -0.15) is 11.3 Å². The van der Waals surface area contributed by atoms with Crippen LogP contribution in [0.4, 0.5) is 0 Å². The maximum atomic E-state index is 3.60. The van der Waals surface area contributed by atoms with E-state index in [2.05, 4.69) is 49.8 Å². The fourth-order valence-electron chi connectivity index (χ4n) is 2.12. The van der Waals surface area contributed by atoms with Gasteiger partial charge < -0.3 is 5.32 Å². The lowest BCUT2D eigenvalue weighted by atomic mass is 9.98. The standard InChI is InChI=1S/C13H21NS/c1-12(2,3)14-8-11-7-13(11,4)10-5-6-15-9-10/h5-6,9,11,14H,7-8H2,1-4H3. The molecule has 0 spiro atoms. The molecule has 84 valence electrons. The van der Waals surface area contributed by atoms with Crippen molar-refractivity contribution in [3.05, 3.63) is 22.4 Å². The summed E-state index contributed by atoms with van der Waals surface area (Å²) < 4.78 is 0. The second-order valence-corrected chi connectivity index (χ2v) is 6.74. The minimum atomic E-state index is 0.248. The number of nitrogens with one attached hydrogen (secondary N) is 1. The molecule has 1 fully saturated rings. The smallest absolute Gasteiger partial charge is 0.00966 e.